The van der Waals surface area contributed by atoms with Gasteiger partial charge in [0.15, 0.2) is 5.82 Å². The van der Waals surface area contributed by atoms with Gasteiger partial charge in [0.05, 0.1) is 6.61 Å². The molecule has 7 nitrogen and oxygen atoms in total. The van der Waals surface area contributed by atoms with Crippen molar-refractivity contribution >= 4 is 11.8 Å². The summed E-state index contributed by atoms with van der Waals surface area (Å²) in [5, 5.41) is 11.9. The average Bonchev–Trinajstić information content (AvgIpc) is 2.53. The minimum atomic E-state index is -1.06. The van der Waals surface area contributed by atoms with Crippen LogP contribution >= 0.6 is 0 Å². The number of aliphatic carboxylic acids is 1. The van der Waals surface area contributed by atoms with Crippen LogP contribution in [0.1, 0.15) is 12.8 Å². The number of rotatable bonds is 7. The molecule has 1 aliphatic rings. The first-order valence-electron chi connectivity index (χ1n) is 7.83. The van der Waals surface area contributed by atoms with E-state index in [1.165, 1.54) is 12.4 Å². The van der Waals surface area contributed by atoms with Gasteiger partial charge in [-0.1, -0.05) is 18.2 Å². The summed E-state index contributed by atoms with van der Waals surface area (Å²) in [6.45, 7) is 0.280. The first-order chi connectivity index (χ1) is 11.6. The van der Waals surface area contributed by atoms with Crippen LogP contribution in [0.25, 0.3) is 0 Å². The standard InChI is InChI=1S/C17H19N3O4/c21-15(22)10-20-7-6-18-16(17(20)23)19-13-8-12(9-13)11-24-14-4-2-1-3-5-14/h1-7,12-13H,8-11H2,(H,18,19)(H,21,22). The fraction of sp³-hybridized carbons (Fsp3) is 0.353. The third kappa shape index (κ3) is 3.92. The van der Waals surface area contributed by atoms with Crippen molar-refractivity contribution in [2.75, 3.05) is 11.9 Å². The molecule has 1 fully saturated rings. The lowest BCUT2D eigenvalue weighted by atomic mass is 9.81. The van der Waals surface area contributed by atoms with Gasteiger partial charge in [0.2, 0.25) is 0 Å². The molecule has 0 spiro atoms. The molecular weight excluding hydrogens is 310 g/mol. The van der Waals surface area contributed by atoms with Gasteiger partial charge in [0.25, 0.3) is 5.56 Å². The van der Waals surface area contributed by atoms with E-state index in [0.717, 1.165) is 23.2 Å². The van der Waals surface area contributed by atoms with Crippen molar-refractivity contribution in [2.24, 2.45) is 5.92 Å². The van der Waals surface area contributed by atoms with Crippen LogP contribution in [0.5, 0.6) is 5.75 Å². The maximum atomic E-state index is 12.1. The van der Waals surface area contributed by atoms with Crippen LogP contribution in [-0.4, -0.2) is 33.3 Å². The Bertz CT molecular complexity index is 754. The van der Waals surface area contributed by atoms with Crippen LogP contribution in [0.3, 0.4) is 0 Å². The van der Waals surface area contributed by atoms with E-state index in [9.17, 15) is 9.59 Å². The molecule has 7 heteroatoms. The van der Waals surface area contributed by atoms with Gasteiger partial charge in [-0.2, -0.15) is 0 Å². The third-order valence-electron chi connectivity index (χ3n) is 4.02. The molecule has 0 unspecified atom stereocenters. The summed E-state index contributed by atoms with van der Waals surface area (Å²) in [7, 11) is 0. The predicted molar refractivity (Wildman–Crippen MR) is 88.2 cm³/mol. The predicted octanol–water partition coefficient (Wildman–Crippen LogP) is 1.60. The Hall–Kier alpha value is -2.83. The van der Waals surface area contributed by atoms with Gasteiger partial charge in [-0.15, -0.1) is 0 Å². The van der Waals surface area contributed by atoms with Crippen LogP contribution in [0, 0.1) is 5.92 Å². The molecule has 2 aromatic rings. The largest absolute Gasteiger partial charge is 0.493 e. The monoisotopic (exact) mass is 329 g/mol. The third-order valence-corrected chi connectivity index (χ3v) is 4.02. The molecule has 1 aromatic carbocycles. The molecule has 0 amide bonds. The van der Waals surface area contributed by atoms with E-state index >= 15 is 0 Å². The summed E-state index contributed by atoms with van der Waals surface area (Å²) in [6, 6.07) is 9.82. The molecule has 0 aliphatic heterocycles. The van der Waals surface area contributed by atoms with E-state index in [0.29, 0.717) is 12.5 Å². The van der Waals surface area contributed by atoms with Crippen LogP contribution < -0.4 is 15.6 Å². The summed E-state index contributed by atoms with van der Waals surface area (Å²) in [4.78, 5) is 26.9. The fourth-order valence-electron chi connectivity index (χ4n) is 2.73. The minimum Gasteiger partial charge on any atom is -0.493 e. The maximum Gasteiger partial charge on any atom is 0.323 e. The van der Waals surface area contributed by atoms with Gasteiger partial charge >= 0.3 is 5.97 Å². The molecule has 1 aliphatic carbocycles. The van der Waals surface area contributed by atoms with E-state index in [1.807, 2.05) is 30.3 Å². The van der Waals surface area contributed by atoms with Crippen molar-refractivity contribution in [2.45, 2.75) is 25.4 Å². The van der Waals surface area contributed by atoms with Gasteiger partial charge in [-0.25, -0.2) is 4.98 Å². The highest BCUT2D eigenvalue weighted by Crippen LogP contribution is 2.29. The molecule has 2 N–H and O–H groups in total. The highest BCUT2D eigenvalue weighted by atomic mass is 16.5. The zero-order valence-corrected chi connectivity index (χ0v) is 13.1. The van der Waals surface area contributed by atoms with Crippen molar-refractivity contribution in [3.63, 3.8) is 0 Å². The van der Waals surface area contributed by atoms with Gasteiger partial charge in [0, 0.05) is 18.4 Å². The van der Waals surface area contributed by atoms with Crippen LogP contribution in [0.4, 0.5) is 5.82 Å². The molecule has 126 valence electrons. The molecular formula is C17H19N3O4. The normalized spacial score (nSPS) is 19.3. The summed E-state index contributed by atoms with van der Waals surface area (Å²) in [5.41, 5.74) is -0.413. The number of hydrogen-bond donors (Lipinski definition) is 2. The van der Waals surface area contributed by atoms with Gasteiger partial charge in [-0.05, 0) is 30.9 Å². The summed E-state index contributed by atoms with van der Waals surface area (Å²) in [6.07, 6.45) is 4.59. The van der Waals surface area contributed by atoms with Gasteiger partial charge < -0.3 is 15.2 Å². The number of ether oxygens (including phenoxy) is 1. The molecule has 3 rings (SSSR count). The Balaban J connectivity index is 1.49. The van der Waals surface area contributed by atoms with Crippen LogP contribution in [0.2, 0.25) is 0 Å². The lowest BCUT2D eigenvalue weighted by molar-refractivity contribution is -0.137. The highest BCUT2D eigenvalue weighted by molar-refractivity contribution is 5.66. The first kappa shape index (κ1) is 16.0. The Morgan fingerprint density at radius 3 is 2.79 bits per heavy atom. The Morgan fingerprint density at radius 1 is 1.33 bits per heavy atom. The fourth-order valence-corrected chi connectivity index (χ4v) is 2.73. The number of nitrogens with zero attached hydrogens (tertiary/aromatic N) is 2. The zero-order chi connectivity index (χ0) is 16.9. The molecule has 0 bridgehead atoms. The van der Waals surface area contributed by atoms with Gasteiger partial charge in [0.1, 0.15) is 12.3 Å². The van der Waals surface area contributed by atoms with E-state index in [1.54, 1.807) is 0 Å². The van der Waals surface area contributed by atoms with Gasteiger partial charge in [-0.3, -0.25) is 14.2 Å². The van der Waals surface area contributed by atoms with E-state index in [4.69, 9.17) is 9.84 Å². The van der Waals surface area contributed by atoms with Crippen molar-refractivity contribution in [3.05, 3.63) is 53.1 Å². The first-order valence-corrected chi connectivity index (χ1v) is 7.83. The second-order valence-electron chi connectivity index (χ2n) is 5.91. The van der Waals surface area contributed by atoms with Crippen LogP contribution in [-0.2, 0) is 11.3 Å². The minimum absolute atomic E-state index is 0.162. The number of hydrogen-bond acceptors (Lipinski definition) is 5. The van der Waals surface area contributed by atoms with E-state index < -0.39 is 11.5 Å². The number of para-hydroxylation sites is 1. The molecule has 1 aromatic heterocycles. The van der Waals surface area contributed by atoms with E-state index in [-0.39, 0.29) is 18.4 Å². The van der Waals surface area contributed by atoms with Crippen molar-refractivity contribution in [1.29, 1.82) is 0 Å². The topological polar surface area (TPSA) is 93.4 Å². The quantitative estimate of drug-likeness (QED) is 0.801. The molecule has 24 heavy (non-hydrogen) atoms. The average molecular weight is 329 g/mol. The molecule has 1 saturated carbocycles. The lowest BCUT2D eigenvalue weighted by Crippen LogP contribution is -2.40. The smallest absolute Gasteiger partial charge is 0.323 e. The number of carboxylic acid groups (broad SMARTS) is 1. The molecule has 0 radical (unpaired) electrons. The summed E-state index contributed by atoms with van der Waals surface area (Å²) >= 11 is 0. The number of carbonyl (C=O) groups is 1. The number of benzene rings is 1. The SMILES string of the molecule is O=C(O)Cn1ccnc(NC2CC(COc3ccccc3)C2)c1=O. The number of aromatic nitrogens is 2. The number of nitrogens with one attached hydrogen (secondary N) is 1. The second-order valence-corrected chi connectivity index (χ2v) is 5.91. The lowest BCUT2D eigenvalue weighted by Gasteiger charge is -2.35. The summed E-state index contributed by atoms with van der Waals surface area (Å²) in [5.74, 6) is 0.435. The summed E-state index contributed by atoms with van der Waals surface area (Å²) < 4.78 is 6.85. The molecule has 0 atom stereocenters. The zero-order valence-electron chi connectivity index (χ0n) is 13.1. The Kier molecular flexibility index (Phi) is 4.79. The Labute approximate surface area is 138 Å². The molecule has 1 heterocycles. The van der Waals surface area contributed by atoms with Crippen LogP contribution in [0.15, 0.2) is 47.5 Å². The van der Waals surface area contributed by atoms with E-state index in [2.05, 4.69) is 10.3 Å². The number of anilines is 1. The maximum absolute atomic E-state index is 12.1. The van der Waals surface area contributed by atoms with Crippen molar-refractivity contribution in [3.8, 4) is 5.75 Å². The second kappa shape index (κ2) is 7.16. The molecule has 0 saturated heterocycles. The highest BCUT2D eigenvalue weighted by Gasteiger charge is 2.30. The number of carboxylic acids is 1. The van der Waals surface area contributed by atoms with Crippen molar-refractivity contribution in [1.82, 2.24) is 9.55 Å². The van der Waals surface area contributed by atoms with Crippen molar-refractivity contribution < 1.29 is 14.6 Å². The Morgan fingerprint density at radius 2 is 2.08 bits per heavy atom.